The number of nitrogens with two attached hydrogens (primary N) is 1. The molecular formula is C4H12NO2P. The zero-order valence-electron chi connectivity index (χ0n) is 5.09. The van der Waals surface area contributed by atoms with Gasteiger partial charge in [0.25, 0.3) is 0 Å². The van der Waals surface area contributed by atoms with E-state index in [0.717, 1.165) is 0 Å². The van der Waals surface area contributed by atoms with Crippen LogP contribution in [0.2, 0.25) is 0 Å². The normalized spacial score (nSPS) is 18.6. The van der Waals surface area contributed by atoms with Crippen LogP contribution in [0, 0.1) is 5.92 Å². The molecule has 2 atom stereocenters. The summed E-state index contributed by atoms with van der Waals surface area (Å²) in [6.07, 6.45) is 0. The first-order chi connectivity index (χ1) is 3.55. The Hall–Kier alpha value is 0.150. The first-order valence-corrected chi connectivity index (χ1v) is 3.97. The van der Waals surface area contributed by atoms with Crippen LogP contribution >= 0.6 is 8.03 Å². The lowest BCUT2D eigenvalue weighted by atomic mass is 10.2. The molecule has 0 rings (SSSR count). The van der Waals surface area contributed by atoms with Crippen molar-refractivity contribution in [2.45, 2.75) is 19.6 Å². The van der Waals surface area contributed by atoms with E-state index in [2.05, 4.69) is 0 Å². The van der Waals surface area contributed by atoms with Crippen LogP contribution in [0.4, 0.5) is 0 Å². The predicted octanol–water partition coefficient (Wildman–Crippen LogP) is 0.394. The average Bonchev–Trinajstić information content (AvgIpc) is 1.64. The minimum atomic E-state index is -2.48. The molecule has 1 unspecified atom stereocenters. The fourth-order valence-electron chi connectivity index (χ4n) is 0.285. The molecule has 0 fully saturated rings. The van der Waals surface area contributed by atoms with Gasteiger partial charge in [0.15, 0.2) is 0 Å². The molecular weight excluding hydrogens is 125 g/mol. The van der Waals surface area contributed by atoms with Crippen molar-refractivity contribution in [3.63, 3.8) is 0 Å². The third kappa shape index (κ3) is 2.46. The minimum Gasteiger partial charge on any atom is -0.345 e. The second kappa shape index (κ2) is 3.23. The van der Waals surface area contributed by atoms with Gasteiger partial charge in [0, 0.05) is 0 Å². The molecule has 3 N–H and O–H groups in total. The van der Waals surface area contributed by atoms with E-state index in [1.54, 1.807) is 0 Å². The van der Waals surface area contributed by atoms with Gasteiger partial charge in [-0.15, -0.1) is 0 Å². The largest absolute Gasteiger partial charge is 0.345 e. The van der Waals surface area contributed by atoms with Crippen LogP contribution in [0.25, 0.3) is 0 Å². The molecule has 0 aromatic heterocycles. The summed E-state index contributed by atoms with van der Waals surface area (Å²) >= 11 is 0. The summed E-state index contributed by atoms with van der Waals surface area (Å²) in [6.45, 7) is 3.65. The van der Waals surface area contributed by atoms with Crippen molar-refractivity contribution in [1.29, 1.82) is 0 Å². The van der Waals surface area contributed by atoms with Crippen molar-refractivity contribution in [3.8, 4) is 0 Å². The minimum absolute atomic E-state index is 0.103. The maximum absolute atomic E-state index is 10.2. The van der Waals surface area contributed by atoms with Gasteiger partial charge in [0.2, 0.25) is 8.03 Å². The van der Waals surface area contributed by atoms with Crippen LogP contribution in [0.1, 0.15) is 13.8 Å². The summed E-state index contributed by atoms with van der Waals surface area (Å²) < 4.78 is 10.2. The number of hydrogen-bond acceptors (Lipinski definition) is 2. The quantitative estimate of drug-likeness (QED) is 0.541. The highest BCUT2D eigenvalue weighted by Crippen LogP contribution is 2.23. The zero-order chi connectivity index (χ0) is 6.73. The molecule has 0 amide bonds. The van der Waals surface area contributed by atoms with Gasteiger partial charge in [0.05, 0.1) is 5.78 Å². The van der Waals surface area contributed by atoms with Crippen molar-refractivity contribution >= 4 is 8.03 Å². The Kier molecular flexibility index (Phi) is 3.29. The zero-order valence-corrected chi connectivity index (χ0v) is 6.09. The van der Waals surface area contributed by atoms with Crippen molar-refractivity contribution < 1.29 is 9.46 Å². The lowest BCUT2D eigenvalue weighted by Gasteiger charge is -2.09. The molecule has 3 nitrogen and oxygen atoms in total. The summed E-state index contributed by atoms with van der Waals surface area (Å²) in [5.41, 5.74) is 5.24. The van der Waals surface area contributed by atoms with Gasteiger partial charge in [-0.1, -0.05) is 13.8 Å². The second-order valence-electron chi connectivity index (χ2n) is 2.11. The number of hydrogen-bond donors (Lipinski definition) is 2. The van der Waals surface area contributed by atoms with E-state index in [1.165, 1.54) is 0 Å². The molecule has 0 saturated carbocycles. The van der Waals surface area contributed by atoms with Crippen LogP contribution in [0.15, 0.2) is 0 Å². The molecule has 0 aliphatic carbocycles. The maximum atomic E-state index is 10.2. The van der Waals surface area contributed by atoms with Gasteiger partial charge < -0.3 is 10.6 Å². The van der Waals surface area contributed by atoms with Gasteiger partial charge in [-0.2, -0.15) is 0 Å². The Morgan fingerprint density at radius 3 is 2.00 bits per heavy atom. The van der Waals surface area contributed by atoms with E-state index in [0.29, 0.717) is 0 Å². The van der Waals surface area contributed by atoms with Crippen LogP contribution in [-0.4, -0.2) is 10.7 Å². The Labute approximate surface area is 49.8 Å². The lowest BCUT2D eigenvalue weighted by molar-refractivity contribution is 0.465. The van der Waals surface area contributed by atoms with Crippen molar-refractivity contribution in [3.05, 3.63) is 0 Å². The smallest absolute Gasteiger partial charge is 0.205 e. The van der Waals surface area contributed by atoms with Crippen LogP contribution in [-0.2, 0) is 4.57 Å². The Bertz CT molecular complexity index is 94.0. The molecule has 0 aromatic rings. The summed E-state index contributed by atoms with van der Waals surface area (Å²) in [6, 6.07) is 0. The summed E-state index contributed by atoms with van der Waals surface area (Å²) in [5.74, 6) is -0.425. The van der Waals surface area contributed by atoms with Crippen molar-refractivity contribution in [2.75, 3.05) is 0 Å². The standard InChI is InChI=1S/C4H12NO2P/c1-3(2)4(5)8(6)7/h3-4,8H,5H2,1-2H3,(H,6,7)/t4-/m1/s1. The fourth-order valence-corrected chi connectivity index (χ4v) is 0.855. The molecule has 0 bridgehead atoms. The molecule has 50 valence electrons. The molecule has 0 heterocycles. The molecule has 0 radical (unpaired) electrons. The van der Waals surface area contributed by atoms with Crippen LogP contribution in [0.3, 0.4) is 0 Å². The van der Waals surface area contributed by atoms with Crippen LogP contribution < -0.4 is 5.73 Å². The fraction of sp³-hybridized carbons (Fsp3) is 1.00. The Balaban J connectivity index is 3.64. The molecule has 0 aromatic carbocycles. The molecule has 0 aliphatic heterocycles. The first kappa shape index (κ1) is 8.15. The van der Waals surface area contributed by atoms with E-state index in [4.69, 9.17) is 10.6 Å². The van der Waals surface area contributed by atoms with Gasteiger partial charge >= 0.3 is 0 Å². The van der Waals surface area contributed by atoms with Gasteiger partial charge in [-0.3, -0.25) is 4.57 Å². The second-order valence-corrected chi connectivity index (χ2v) is 3.45. The first-order valence-electron chi connectivity index (χ1n) is 2.54. The van der Waals surface area contributed by atoms with E-state index in [-0.39, 0.29) is 5.92 Å². The monoisotopic (exact) mass is 137 g/mol. The maximum Gasteiger partial charge on any atom is 0.205 e. The average molecular weight is 137 g/mol. The Morgan fingerprint density at radius 2 is 2.00 bits per heavy atom. The molecule has 0 aliphatic rings. The van der Waals surface area contributed by atoms with E-state index in [1.807, 2.05) is 13.8 Å². The summed E-state index contributed by atoms with van der Waals surface area (Å²) in [4.78, 5) is 8.41. The van der Waals surface area contributed by atoms with Crippen LogP contribution in [0.5, 0.6) is 0 Å². The SMILES string of the molecule is CC(C)[C@H](N)[PH](=O)O. The van der Waals surface area contributed by atoms with Gasteiger partial charge in [-0.25, -0.2) is 0 Å². The van der Waals surface area contributed by atoms with Crippen molar-refractivity contribution in [1.82, 2.24) is 0 Å². The summed E-state index contributed by atoms with van der Waals surface area (Å²) in [7, 11) is -2.48. The number of rotatable bonds is 2. The molecule has 0 spiro atoms. The predicted molar refractivity (Wildman–Crippen MR) is 34.0 cm³/mol. The summed E-state index contributed by atoms with van der Waals surface area (Å²) in [5, 5.41) is 0. The topological polar surface area (TPSA) is 63.3 Å². The van der Waals surface area contributed by atoms with E-state index < -0.39 is 13.8 Å². The highest BCUT2D eigenvalue weighted by atomic mass is 31.1. The van der Waals surface area contributed by atoms with E-state index in [9.17, 15) is 4.57 Å². The lowest BCUT2D eigenvalue weighted by Crippen LogP contribution is -2.21. The third-order valence-corrected chi connectivity index (χ3v) is 2.24. The van der Waals surface area contributed by atoms with Gasteiger partial charge in [0.1, 0.15) is 0 Å². The molecule has 8 heavy (non-hydrogen) atoms. The van der Waals surface area contributed by atoms with Gasteiger partial charge in [-0.05, 0) is 5.92 Å². The molecule has 0 saturated heterocycles. The highest BCUT2D eigenvalue weighted by molar-refractivity contribution is 7.38. The van der Waals surface area contributed by atoms with E-state index >= 15 is 0 Å². The third-order valence-electron chi connectivity index (χ3n) is 1.00. The van der Waals surface area contributed by atoms with Crippen molar-refractivity contribution in [2.24, 2.45) is 11.7 Å². The molecule has 4 heteroatoms. The Morgan fingerprint density at radius 1 is 1.62 bits per heavy atom. The highest BCUT2D eigenvalue weighted by Gasteiger charge is 2.11.